The zero-order valence-electron chi connectivity index (χ0n) is 14.3. The Morgan fingerprint density at radius 2 is 1.50 bits per heavy atom. The molecule has 26 heavy (non-hydrogen) atoms. The summed E-state index contributed by atoms with van der Waals surface area (Å²) >= 11 is 0. The van der Waals surface area contributed by atoms with Crippen molar-refractivity contribution in [1.29, 1.82) is 0 Å². The van der Waals surface area contributed by atoms with E-state index in [-0.39, 0.29) is 5.75 Å². The zero-order chi connectivity index (χ0) is 18.2. The molecule has 6 heteroatoms. The van der Waals surface area contributed by atoms with E-state index in [1.54, 1.807) is 18.3 Å². The number of sulfonamides is 1. The summed E-state index contributed by atoms with van der Waals surface area (Å²) in [4.78, 5) is 4.25. The first-order valence-electron chi connectivity index (χ1n) is 8.39. The van der Waals surface area contributed by atoms with Gasteiger partial charge in [-0.15, -0.1) is 0 Å². The number of nitrogens with zero attached hydrogens (tertiary/aromatic N) is 1. The third kappa shape index (κ3) is 5.60. The molecule has 0 aliphatic carbocycles. The van der Waals surface area contributed by atoms with Crippen molar-refractivity contribution < 1.29 is 8.42 Å². The van der Waals surface area contributed by atoms with E-state index in [4.69, 9.17) is 0 Å². The van der Waals surface area contributed by atoms with Gasteiger partial charge >= 0.3 is 0 Å². The number of aromatic nitrogens is 1. The first-order chi connectivity index (χ1) is 12.6. The molecule has 2 aromatic carbocycles. The van der Waals surface area contributed by atoms with Crippen LogP contribution in [-0.4, -0.2) is 19.2 Å². The van der Waals surface area contributed by atoms with Gasteiger partial charge in [0.1, 0.15) is 0 Å². The first kappa shape index (κ1) is 17.9. The molecule has 0 aliphatic rings. The molecule has 134 valence electrons. The molecule has 0 saturated carbocycles. The molecule has 0 saturated heterocycles. The van der Waals surface area contributed by atoms with E-state index in [1.165, 1.54) is 0 Å². The summed E-state index contributed by atoms with van der Waals surface area (Å²) in [5.41, 5.74) is 3.41. The second-order valence-electron chi connectivity index (χ2n) is 5.91. The van der Waals surface area contributed by atoms with E-state index in [0.29, 0.717) is 18.7 Å². The van der Waals surface area contributed by atoms with Crippen molar-refractivity contribution in [3.05, 3.63) is 90.3 Å². The molecule has 0 aliphatic heterocycles. The van der Waals surface area contributed by atoms with E-state index >= 15 is 0 Å². The second kappa shape index (κ2) is 8.49. The van der Waals surface area contributed by atoms with Gasteiger partial charge in [0.15, 0.2) is 0 Å². The summed E-state index contributed by atoms with van der Waals surface area (Å²) in [7, 11) is -3.38. The molecule has 2 N–H and O–H groups in total. The minimum absolute atomic E-state index is 0.0523. The summed E-state index contributed by atoms with van der Waals surface area (Å²) in [6.07, 6.45) is 2.24. The zero-order valence-corrected chi connectivity index (χ0v) is 15.1. The highest BCUT2D eigenvalue weighted by Crippen LogP contribution is 2.16. The molecule has 0 amide bonds. The fourth-order valence-electron chi connectivity index (χ4n) is 2.48. The minimum Gasteiger partial charge on any atom is -0.379 e. The van der Waals surface area contributed by atoms with Gasteiger partial charge in [-0.25, -0.2) is 8.42 Å². The molecular weight excluding hydrogens is 346 g/mol. The summed E-state index contributed by atoms with van der Waals surface area (Å²) in [6.45, 7) is 0.614. The normalized spacial score (nSPS) is 11.1. The Morgan fingerprint density at radius 3 is 2.19 bits per heavy atom. The summed E-state index contributed by atoms with van der Waals surface area (Å²) < 4.78 is 27.1. The molecule has 0 spiro atoms. The van der Waals surface area contributed by atoms with Crippen molar-refractivity contribution in [2.45, 2.75) is 13.0 Å². The smallest absolute Gasteiger partial charge is 0.233 e. The number of aryl methyl sites for hydroxylation is 1. The topological polar surface area (TPSA) is 71.1 Å². The Bertz CT molecular complexity index is 912. The molecule has 0 atom stereocenters. The van der Waals surface area contributed by atoms with Crippen LogP contribution in [0.3, 0.4) is 0 Å². The predicted octanol–water partition coefficient (Wildman–Crippen LogP) is 3.68. The first-order valence-corrected chi connectivity index (χ1v) is 10.0. The van der Waals surface area contributed by atoms with E-state index in [1.807, 2.05) is 60.7 Å². The Morgan fingerprint density at radius 1 is 0.808 bits per heavy atom. The lowest BCUT2D eigenvalue weighted by molar-refractivity contribution is 0.600. The lowest BCUT2D eigenvalue weighted by Crippen LogP contribution is -2.18. The fourth-order valence-corrected chi connectivity index (χ4v) is 3.58. The highest BCUT2D eigenvalue weighted by atomic mass is 32.2. The maximum Gasteiger partial charge on any atom is 0.233 e. The summed E-state index contributed by atoms with van der Waals surface area (Å²) in [5.74, 6) is 0.0523. The van der Waals surface area contributed by atoms with Crippen molar-refractivity contribution >= 4 is 21.4 Å². The molecule has 0 unspecified atom stereocenters. The summed E-state index contributed by atoms with van der Waals surface area (Å²) in [6, 6.07) is 22.5. The van der Waals surface area contributed by atoms with E-state index in [0.717, 1.165) is 16.9 Å². The maximum atomic E-state index is 12.2. The predicted molar refractivity (Wildman–Crippen MR) is 106 cm³/mol. The van der Waals surface area contributed by atoms with Gasteiger partial charge in [0, 0.05) is 17.6 Å². The molecule has 5 nitrogen and oxygen atoms in total. The number of nitrogens with one attached hydrogen (secondary N) is 2. The standard InChI is InChI=1S/C20H21N3O2S/c24-26(25,15-13-17-6-2-1-3-7-17)23-19-11-9-18(10-12-19)22-16-20-8-4-5-14-21-20/h1-12,14,22-23H,13,15-16H2. The average molecular weight is 367 g/mol. The van der Waals surface area contributed by atoms with Gasteiger partial charge in [-0.3, -0.25) is 9.71 Å². The lowest BCUT2D eigenvalue weighted by Gasteiger charge is -2.10. The van der Waals surface area contributed by atoms with Gasteiger partial charge in [-0.1, -0.05) is 36.4 Å². The van der Waals surface area contributed by atoms with Crippen molar-refractivity contribution in [3.63, 3.8) is 0 Å². The maximum absolute atomic E-state index is 12.2. The number of hydrogen-bond acceptors (Lipinski definition) is 4. The molecule has 0 fully saturated rings. The molecule has 1 heterocycles. The largest absolute Gasteiger partial charge is 0.379 e. The van der Waals surface area contributed by atoms with Crippen LogP contribution < -0.4 is 10.0 Å². The van der Waals surface area contributed by atoms with Crippen molar-refractivity contribution in [1.82, 2.24) is 4.98 Å². The van der Waals surface area contributed by atoms with Crippen LogP contribution in [0.5, 0.6) is 0 Å². The SMILES string of the molecule is O=S(=O)(CCc1ccccc1)Nc1ccc(NCc2ccccn2)cc1. The van der Waals surface area contributed by atoms with Gasteiger partial charge in [0.25, 0.3) is 0 Å². The monoisotopic (exact) mass is 367 g/mol. The Balaban J connectivity index is 1.53. The average Bonchev–Trinajstić information content (AvgIpc) is 2.67. The van der Waals surface area contributed by atoms with Crippen molar-refractivity contribution in [3.8, 4) is 0 Å². The number of rotatable bonds is 8. The van der Waals surface area contributed by atoms with Gasteiger partial charge in [0.05, 0.1) is 18.0 Å². The second-order valence-corrected chi connectivity index (χ2v) is 7.75. The quantitative estimate of drug-likeness (QED) is 0.637. The van der Waals surface area contributed by atoms with E-state index < -0.39 is 10.0 Å². The number of benzene rings is 2. The number of hydrogen-bond donors (Lipinski definition) is 2. The Hall–Kier alpha value is -2.86. The Kier molecular flexibility index (Phi) is 5.86. The third-order valence-corrected chi connectivity index (χ3v) is 5.15. The van der Waals surface area contributed by atoms with Gasteiger partial charge in [-0.05, 0) is 48.4 Å². The van der Waals surface area contributed by atoms with Crippen molar-refractivity contribution in [2.24, 2.45) is 0 Å². The van der Waals surface area contributed by atoms with Gasteiger partial charge < -0.3 is 5.32 Å². The molecule has 0 radical (unpaired) electrons. The van der Waals surface area contributed by atoms with Crippen LogP contribution in [0.25, 0.3) is 0 Å². The third-order valence-electron chi connectivity index (χ3n) is 3.86. The summed E-state index contributed by atoms with van der Waals surface area (Å²) in [5, 5.41) is 3.26. The van der Waals surface area contributed by atoms with Crippen LogP contribution in [0.2, 0.25) is 0 Å². The minimum atomic E-state index is -3.38. The fraction of sp³-hybridized carbons (Fsp3) is 0.150. The Labute approximate surface area is 154 Å². The molecule has 1 aromatic heterocycles. The van der Waals surface area contributed by atoms with Gasteiger partial charge in [0.2, 0.25) is 10.0 Å². The van der Waals surface area contributed by atoms with Crippen LogP contribution >= 0.6 is 0 Å². The lowest BCUT2D eigenvalue weighted by atomic mass is 10.2. The van der Waals surface area contributed by atoms with Crippen LogP contribution in [0.15, 0.2) is 79.0 Å². The van der Waals surface area contributed by atoms with Crippen LogP contribution in [0.1, 0.15) is 11.3 Å². The highest BCUT2D eigenvalue weighted by molar-refractivity contribution is 7.92. The van der Waals surface area contributed by atoms with Crippen LogP contribution in [0, 0.1) is 0 Å². The number of anilines is 2. The van der Waals surface area contributed by atoms with Gasteiger partial charge in [-0.2, -0.15) is 0 Å². The van der Waals surface area contributed by atoms with Crippen LogP contribution in [-0.2, 0) is 23.0 Å². The number of pyridine rings is 1. The molecule has 3 aromatic rings. The van der Waals surface area contributed by atoms with Crippen molar-refractivity contribution in [2.75, 3.05) is 15.8 Å². The highest BCUT2D eigenvalue weighted by Gasteiger charge is 2.10. The molecule has 3 rings (SSSR count). The van der Waals surface area contributed by atoms with E-state index in [9.17, 15) is 8.42 Å². The molecule has 0 bridgehead atoms. The van der Waals surface area contributed by atoms with Crippen LogP contribution in [0.4, 0.5) is 11.4 Å². The van der Waals surface area contributed by atoms with E-state index in [2.05, 4.69) is 15.0 Å². The molecular formula is C20H21N3O2S.